The lowest BCUT2D eigenvalue weighted by Gasteiger charge is -2.10. The number of nitrogens with two attached hydrogens (primary N) is 1. The molecule has 0 fully saturated rings. The van der Waals surface area contributed by atoms with Crippen LogP contribution in [-0.4, -0.2) is 16.1 Å². The van der Waals surface area contributed by atoms with Gasteiger partial charge in [-0.3, -0.25) is 0 Å². The molecule has 2 rings (SSSR count). The highest BCUT2D eigenvalue weighted by Gasteiger charge is 2.14. The van der Waals surface area contributed by atoms with Gasteiger partial charge in [0, 0.05) is 19.0 Å². The Balaban J connectivity index is 2.65. The SMILES string of the molecule is CCn1c(C(C)CN)nc2cc(C)ccc21. The van der Waals surface area contributed by atoms with Crippen molar-refractivity contribution in [3.05, 3.63) is 29.6 Å². The topological polar surface area (TPSA) is 43.8 Å². The third-order valence-corrected chi connectivity index (χ3v) is 3.04. The van der Waals surface area contributed by atoms with Gasteiger partial charge in [-0.05, 0) is 31.5 Å². The maximum absolute atomic E-state index is 5.73. The van der Waals surface area contributed by atoms with Crippen molar-refractivity contribution in [2.24, 2.45) is 5.73 Å². The summed E-state index contributed by atoms with van der Waals surface area (Å²) >= 11 is 0. The van der Waals surface area contributed by atoms with Crippen LogP contribution >= 0.6 is 0 Å². The van der Waals surface area contributed by atoms with Crippen LogP contribution in [0, 0.1) is 6.92 Å². The molecule has 16 heavy (non-hydrogen) atoms. The summed E-state index contributed by atoms with van der Waals surface area (Å²) in [5, 5.41) is 0. The van der Waals surface area contributed by atoms with Gasteiger partial charge in [-0.15, -0.1) is 0 Å². The van der Waals surface area contributed by atoms with Crippen LogP contribution in [0.3, 0.4) is 0 Å². The van der Waals surface area contributed by atoms with Crippen LogP contribution in [0.1, 0.15) is 31.2 Å². The minimum atomic E-state index is 0.313. The minimum Gasteiger partial charge on any atom is -0.330 e. The van der Waals surface area contributed by atoms with Crippen molar-refractivity contribution in [2.45, 2.75) is 33.2 Å². The molecule has 1 aromatic heterocycles. The molecular weight excluding hydrogens is 198 g/mol. The lowest BCUT2D eigenvalue weighted by atomic mass is 10.2. The first kappa shape index (κ1) is 11.1. The number of aromatic nitrogens is 2. The van der Waals surface area contributed by atoms with Gasteiger partial charge in [0.15, 0.2) is 0 Å². The van der Waals surface area contributed by atoms with Gasteiger partial charge < -0.3 is 10.3 Å². The van der Waals surface area contributed by atoms with E-state index < -0.39 is 0 Å². The monoisotopic (exact) mass is 217 g/mol. The number of aryl methyl sites for hydroxylation is 2. The molecular formula is C13H19N3. The highest BCUT2D eigenvalue weighted by atomic mass is 15.1. The van der Waals surface area contributed by atoms with Crippen molar-refractivity contribution in [1.82, 2.24) is 9.55 Å². The number of rotatable bonds is 3. The second-order valence-corrected chi connectivity index (χ2v) is 4.34. The van der Waals surface area contributed by atoms with Crippen LogP contribution in [0.5, 0.6) is 0 Å². The van der Waals surface area contributed by atoms with Gasteiger partial charge in [0.2, 0.25) is 0 Å². The van der Waals surface area contributed by atoms with Crippen molar-refractivity contribution in [3.63, 3.8) is 0 Å². The number of imidazole rings is 1. The Hall–Kier alpha value is -1.35. The second-order valence-electron chi connectivity index (χ2n) is 4.34. The van der Waals surface area contributed by atoms with Crippen molar-refractivity contribution in [3.8, 4) is 0 Å². The molecule has 3 heteroatoms. The Bertz CT molecular complexity index is 499. The Labute approximate surface area is 96.3 Å². The number of hydrogen-bond acceptors (Lipinski definition) is 2. The van der Waals surface area contributed by atoms with Crippen LogP contribution < -0.4 is 5.73 Å². The van der Waals surface area contributed by atoms with Gasteiger partial charge in [0.1, 0.15) is 5.82 Å². The fourth-order valence-corrected chi connectivity index (χ4v) is 2.07. The van der Waals surface area contributed by atoms with Crippen molar-refractivity contribution in [1.29, 1.82) is 0 Å². The number of fused-ring (bicyclic) bond motifs is 1. The van der Waals surface area contributed by atoms with Crippen molar-refractivity contribution in [2.75, 3.05) is 6.54 Å². The third-order valence-electron chi connectivity index (χ3n) is 3.04. The Kier molecular flexibility index (Phi) is 2.97. The molecule has 0 aliphatic heterocycles. The fourth-order valence-electron chi connectivity index (χ4n) is 2.07. The van der Waals surface area contributed by atoms with Crippen LogP contribution in [0.4, 0.5) is 0 Å². The zero-order chi connectivity index (χ0) is 11.7. The Morgan fingerprint density at radius 1 is 1.44 bits per heavy atom. The van der Waals surface area contributed by atoms with E-state index in [-0.39, 0.29) is 0 Å². The number of nitrogens with zero attached hydrogens (tertiary/aromatic N) is 2. The molecule has 3 nitrogen and oxygen atoms in total. The zero-order valence-electron chi connectivity index (χ0n) is 10.2. The molecule has 0 saturated carbocycles. The van der Waals surface area contributed by atoms with E-state index >= 15 is 0 Å². The van der Waals surface area contributed by atoms with Crippen molar-refractivity contribution < 1.29 is 0 Å². The van der Waals surface area contributed by atoms with Gasteiger partial charge in [-0.2, -0.15) is 0 Å². The predicted molar refractivity (Wildman–Crippen MR) is 67.6 cm³/mol. The summed E-state index contributed by atoms with van der Waals surface area (Å²) in [6.07, 6.45) is 0. The summed E-state index contributed by atoms with van der Waals surface area (Å²) in [6.45, 7) is 7.95. The molecule has 0 radical (unpaired) electrons. The molecule has 2 aromatic rings. The smallest absolute Gasteiger partial charge is 0.113 e. The summed E-state index contributed by atoms with van der Waals surface area (Å²) in [7, 11) is 0. The van der Waals surface area contributed by atoms with Crippen LogP contribution in [0.25, 0.3) is 11.0 Å². The summed E-state index contributed by atoms with van der Waals surface area (Å²) in [5.74, 6) is 1.42. The van der Waals surface area contributed by atoms with E-state index in [2.05, 4.69) is 43.5 Å². The van der Waals surface area contributed by atoms with Crippen LogP contribution in [-0.2, 0) is 6.54 Å². The van der Waals surface area contributed by atoms with E-state index in [1.807, 2.05) is 0 Å². The maximum Gasteiger partial charge on any atom is 0.113 e. The van der Waals surface area contributed by atoms with Gasteiger partial charge >= 0.3 is 0 Å². The highest BCUT2D eigenvalue weighted by molar-refractivity contribution is 5.77. The molecule has 1 aromatic carbocycles. The molecule has 1 atom stereocenters. The summed E-state index contributed by atoms with van der Waals surface area (Å²) in [4.78, 5) is 4.70. The molecule has 2 N–H and O–H groups in total. The zero-order valence-corrected chi connectivity index (χ0v) is 10.2. The first-order valence-corrected chi connectivity index (χ1v) is 5.84. The second kappa shape index (κ2) is 4.26. The first-order chi connectivity index (χ1) is 7.67. The standard InChI is InChI=1S/C13H19N3/c1-4-16-12-6-5-9(2)7-11(12)15-13(16)10(3)8-14/h5-7,10H,4,8,14H2,1-3H3. The van der Waals surface area contributed by atoms with E-state index in [1.165, 1.54) is 11.1 Å². The van der Waals surface area contributed by atoms with Gasteiger partial charge in [0.05, 0.1) is 11.0 Å². The van der Waals surface area contributed by atoms with Crippen LogP contribution in [0.2, 0.25) is 0 Å². The van der Waals surface area contributed by atoms with Crippen molar-refractivity contribution >= 4 is 11.0 Å². The molecule has 0 saturated heterocycles. The molecule has 0 amide bonds. The average Bonchev–Trinajstić information content (AvgIpc) is 2.65. The van der Waals surface area contributed by atoms with Gasteiger partial charge in [-0.25, -0.2) is 4.98 Å². The highest BCUT2D eigenvalue weighted by Crippen LogP contribution is 2.22. The normalized spacial score (nSPS) is 13.2. The molecule has 1 unspecified atom stereocenters. The molecule has 0 aliphatic carbocycles. The lowest BCUT2D eigenvalue weighted by Crippen LogP contribution is -2.14. The molecule has 1 heterocycles. The van der Waals surface area contributed by atoms with E-state index in [1.54, 1.807) is 0 Å². The largest absolute Gasteiger partial charge is 0.330 e. The molecule has 0 spiro atoms. The fraction of sp³-hybridized carbons (Fsp3) is 0.462. The van der Waals surface area contributed by atoms with Gasteiger partial charge in [-0.1, -0.05) is 13.0 Å². The molecule has 0 bridgehead atoms. The molecule has 0 aliphatic rings. The summed E-state index contributed by atoms with van der Waals surface area (Å²) < 4.78 is 2.26. The maximum atomic E-state index is 5.73. The van der Waals surface area contributed by atoms with E-state index in [0.29, 0.717) is 12.5 Å². The third kappa shape index (κ3) is 1.71. The van der Waals surface area contributed by atoms with Gasteiger partial charge in [0.25, 0.3) is 0 Å². The summed E-state index contributed by atoms with van der Waals surface area (Å²) in [5.41, 5.74) is 9.27. The van der Waals surface area contributed by atoms with E-state index in [9.17, 15) is 0 Å². The summed E-state index contributed by atoms with van der Waals surface area (Å²) in [6, 6.07) is 6.41. The Morgan fingerprint density at radius 2 is 2.19 bits per heavy atom. The van der Waals surface area contributed by atoms with E-state index in [0.717, 1.165) is 17.9 Å². The lowest BCUT2D eigenvalue weighted by molar-refractivity contribution is 0.638. The average molecular weight is 217 g/mol. The Morgan fingerprint density at radius 3 is 2.81 bits per heavy atom. The quantitative estimate of drug-likeness (QED) is 0.858. The number of hydrogen-bond donors (Lipinski definition) is 1. The minimum absolute atomic E-state index is 0.313. The first-order valence-electron chi connectivity index (χ1n) is 5.84. The number of benzene rings is 1. The van der Waals surface area contributed by atoms with E-state index in [4.69, 9.17) is 10.7 Å². The molecule has 86 valence electrons. The van der Waals surface area contributed by atoms with Crippen LogP contribution in [0.15, 0.2) is 18.2 Å². The predicted octanol–water partition coefficient (Wildman–Crippen LogP) is 2.43.